The first kappa shape index (κ1) is 23.4. The van der Waals surface area contributed by atoms with Crippen molar-refractivity contribution >= 4 is 29.0 Å². The molecule has 1 fully saturated rings. The molecule has 9 nitrogen and oxygen atoms in total. The van der Waals surface area contributed by atoms with Gasteiger partial charge in [-0.1, -0.05) is 11.6 Å². The topological polar surface area (TPSA) is 113 Å². The minimum atomic E-state index is -1.55. The number of carbonyl (C=O) groups excluding carboxylic acids is 1. The average molecular weight is 474 g/mol. The van der Waals surface area contributed by atoms with E-state index >= 15 is 0 Å². The van der Waals surface area contributed by atoms with Gasteiger partial charge in [-0.15, -0.1) is 0 Å². The lowest BCUT2D eigenvalue weighted by Gasteiger charge is -2.38. The maximum atomic E-state index is 12.0. The average Bonchev–Trinajstić information content (AvgIpc) is 3.23. The molecule has 1 aliphatic carbocycles. The maximum Gasteiger partial charge on any atom is 0.337 e. The van der Waals surface area contributed by atoms with E-state index in [1.807, 2.05) is 31.1 Å². The van der Waals surface area contributed by atoms with E-state index in [0.29, 0.717) is 23.6 Å². The van der Waals surface area contributed by atoms with Gasteiger partial charge in [0.1, 0.15) is 16.6 Å². The molecule has 0 radical (unpaired) electrons. The minimum Gasteiger partial charge on any atom is -0.464 e. The fourth-order valence-corrected chi connectivity index (χ4v) is 4.47. The van der Waals surface area contributed by atoms with E-state index in [0.717, 1.165) is 22.6 Å². The van der Waals surface area contributed by atoms with E-state index < -0.39 is 17.7 Å². The van der Waals surface area contributed by atoms with Crippen LogP contribution in [0.3, 0.4) is 0 Å². The number of hydrogen-bond donors (Lipinski definition) is 2. The molecule has 4 rings (SSSR count). The molecule has 3 aromatic rings. The zero-order chi connectivity index (χ0) is 23.8. The van der Waals surface area contributed by atoms with Gasteiger partial charge in [-0.05, 0) is 44.7 Å². The van der Waals surface area contributed by atoms with Crippen molar-refractivity contribution in [2.24, 2.45) is 0 Å². The Labute approximate surface area is 197 Å². The van der Waals surface area contributed by atoms with Crippen molar-refractivity contribution in [2.45, 2.75) is 50.2 Å². The Hall–Kier alpha value is -2.75. The number of aromatic nitrogens is 4. The zero-order valence-electron chi connectivity index (χ0n) is 18.9. The van der Waals surface area contributed by atoms with E-state index in [9.17, 15) is 15.0 Å². The maximum absolute atomic E-state index is 12.0. The number of nitrogens with zero attached hydrogens (tertiary/aromatic N) is 5. The fourth-order valence-electron chi connectivity index (χ4n) is 4.36. The summed E-state index contributed by atoms with van der Waals surface area (Å²) in [5.41, 5.74) is 1.79. The summed E-state index contributed by atoms with van der Waals surface area (Å²) in [6.07, 6.45) is 3.61. The number of anilines is 1. The Morgan fingerprint density at radius 1 is 1.33 bits per heavy atom. The third-order valence-corrected chi connectivity index (χ3v) is 6.48. The summed E-state index contributed by atoms with van der Waals surface area (Å²) >= 11 is 5.95. The van der Waals surface area contributed by atoms with E-state index in [-0.39, 0.29) is 25.4 Å². The van der Waals surface area contributed by atoms with Crippen LogP contribution in [0.15, 0.2) is 30.6 Å². The van der Waals surface area contributed by atoms with Crippen molar-refractivity contribution in [1.82, 2.24) is 19.6 Å². The van der Waals surface area contributed by atoms with Crippen molar-refractivity contribution < 1.29 is 19.7 Å². The van der Waals surface area contributed by atoms with Gasteiger partial charge in [0.05, 0.1) is 12.8 Å². The van der Waals surface area contributed by atoms with Crippen molar-refractivity contribution in [3.05, 3.63) is 41.4 Å². The molecule has 1 aliphatic rings. The van der Waals surface area contributed by atoms with Crippen LogP contribution in [-0.2, 0) is 9.53 Å². The second kappa shape index (κ2) is 9.24. The standard InChI is InChI=1S/C23H28ClN5O4/c1-4-33-22(31)20(30)23(32)9-7-14(8-10-23)17-11-19(28(2)3)29-21(27-17)16(13-26-29)15-5-6-18(24)25-12-15/h5-6,11-14,20,30,32H,4,7-10H2,1-3H3. The van der Waals surface area contributed by atoms with Gasteiger partial charge >= 0.3 is 5.97 Å². The van der Waals surface area contributed by atoms with Crippen LogP contribution in [0.2, 0.25) is 5.15 Å². The smallest absolute Gasteiger partial charge is 0.337 e. The molecule has 0 spiro atoms. The second-order valence-electron chi connectivity index (χ2n) is 8.63. The first-order chi connectivity index (χ1) is 15.7. The molecular formula is C23H28ClN5O4. The largest absolute Gasteiger partial charge is 0.464 e. The summed E-state index contributed by atoms with van der Waals surface area (Å²) in [6, 6.07) is 5.61. The highest BCUT2D eigenvalue weighted by Crippen LogP contribution is 2.40. The molecule has 10 heteroatoms. The first-order valence-corrected chi connectivity index (χ1v) is 11.4. The molecule has 1 saturated carbocycles. The third-order valence-electron chi connectivity index (χ3n) is 6.26. The number of aliphatic hydroxyl groups is 2. The molecule has 176 valence electrons. The summed E-state index contributed by atoms with van der Waals surface area (Å²) in [5.74, 6) is 0.151. The Morgan fingerprint density at radius 3 is 2.67 bits per heavy atom. The molecule has 0 bridgehead atoms. The monoisotopic (exact) mass is 473 g/mol. The zero-order valence-corrected chi connectivity index (χ0v) is 19.7. The number of rotatable bonds is 6. The summed E-state index contributed by atoms with van der Waals surface area (Å²) in [5, 5.41) is 26.2. The number of esters is 1. The van der Waals surface area contributed by atoms with Gasteiger partial charge in [-0.3, -0.25) is 0 Å². The van der Waals surface area contributed by atoms with Gasteiger partial charge < -0.3 is 19.8 Å². The Balaban J connectivity index is 1.65. The summed E-state index contributed by atoms with van der Waals surface area (Å²) < 4.78 is 6.68. The van der Waals surface area contributed by atoms with Gasteiger partial charge in [0.25, 0.3) is 0 Å². The lowest BCUT2D eigenvalue weighted by Crippen LogP contribution is -2.49. The molecule has 0 aliphatic heterocycles. The number of carbonyl (C=O) groups is 1. The van der Waals surface area contributed by atoms with Crippen molar-refractivity contribution in [1.29, 1.82) is 0 Å². The van der Waals surface area contributed by atoms with Crippen LogP contribution in [0.5, 0.6) is 0 Å². The summed E-state index contributed by atoms with van der Waals surface area (Å²) in [4.78, 5) is 23.0. The highest BCUT2D eigenvalue weighted by molar-refractivity contribution is 6.29. The van der Waals surface area contributed by atoms with Gasteiger partial charge in [-0.2, -0.15) is 9.61 Å². The van der Waals surface area contributed by atoms with Crippen LogP contribution in [0.4, 0.5) is 5.82 Å². The molecule has 1 unspecified atom stereocenters. The minimum absolute atomic E-state index is 0.0643. The Bertz CT molecular complexity index is 1140. The summed E-state index contributed by atoms with van der Waals surface area (Å²) in [7, 11) is 3.89. The molecule has 1 atom stereocenters. The van der Waals surface area contributed by atoms with Crippen LogP contribution in [-0.4, -0.2) is 68.2 Å². The Morgan fingerprint density at radius 2 is 2.06 bits per heavy atom. The van der Waals surface area contributed by atoms with E-state index in [2.05, 4.69) is 10.1 Å². The predicted molar refractivity (Wildman–Crippen MR) is 124 cm³/mol. The lowest BCUT2D eigenvalue weighted by atomic mass is 9.75. The van der Waals surface area contributed by atoms with Crippen molar-refractivity contribution in [3.8, 4) is 11.1 Å². The number of fused-ring (bicyclic) bond motifs is 1. The van der Waals surface area contributed by atoms with Crippen LogP contribution in [0.25, 0.3) is 16.8 Å². The molecule has 0 aromatic carbocycles. The normalized spacial score (nSPS) is 21.7. The van der Waals surface area contributed by atoms with Crippen LogP contribution in [0, 0.1) is 0 Å². The molecule has 3 aromatic heterocycles. The van der Waals surface area contributed by atoms with E-state index in [4.69, 9.17) is 21.3 Å². The highest BCUT2D eigenvalue weighted by atomic mass is 35.5. The molecule has 0 amide bonds. The van der Waals surface area contributed by atoms with Gasteiger partial charge in [0, 0.05) is 49.1 Å². The van der Waals surface area contributed by atoms with E-state index in [1.165, 1.54) is 0 Å². The SMILES string of the molecule is CCOC(=O)C(O)C1(O)CCC(c2cc(N(C)C)n3ncc(-c4ccc(Cl)nc4)c3n2)CC1. The van der Waals surface area contributed by atoms with Crippen molar-refractivity contribution in [2.75, 3.05) is 25.6 Å². The first-order valence-electron chi connectivity index (χ1n) is 11.0. The molecular weight excluding hydrogens is 446 g/mol. The molecule has 3 heterocycles. The van der Waals surface area contributed by atoms with Gasteiger partial charge in [-0.25, -0.2) is 14.8 Å². The molecule has 2 N–H and O–H groups in total. The molecule has 33 heavy (non-hydrogen) atoms. The second-order valence-corrected chi connectivity index (χ2v) is 9.02. The third kappa shape index (κ3) is 4.53. The fraction of sp³-hybridized carbons (Fsp3) is 0.478. The summed E-state index contributed by atoms with van der Waals surface area (Å²) in [6.45, 7) is 1.82. The predicted octanol–water partition coefficient (Wildman–Crippen LogP) is 2.82. The van der Waals surface area contributed by atoms with Crippen LogP contribution in [0.1, 0.15) is 44.2 Å². The quantitative estimate of drug-likeness (QED) is 0.415. The number of aliphatic hydroxyl groups excluding tert-OH is 1. The van der Waals surface area contributed by atoms with E-state index in [1.54, 1.807) is 29.9 Å². The number of halogens is 1. The van der Waals surface area contributed by atoms with Crippen LogP contribution >= 0.6 is 11.6 Å². The highest BCUT2D eigenvalue weighted by Gasteiger charge is 2.44. The molecule has 0 saturated heterocycles. The van der Waals surface area contributed by atoms with Gasteiger partial charge in [0.2, 0.25) is 0 Å². The van der Waals surface area contributed by atoms with Crippen molar-refractivity contribution in [3.63, 3.8) is 0 Å². The number of ether oxygens (including phenoxy) is 1. The lowest BCUT2D eigenvalue weighted by molar-refractivity contribution is -0.173. The number of pyridine rings is 1. The van der Waals surface area contributed by atoms with Gasteiger partial charge in [0.15, 0.2) is 11.8 Å². The number of hydrogen-bond acceptors (Lipinski definition) is 8. The Kier molecular flexibility index (Phi) is 6.56. The van der Waals surface area contributed by atoms with Crippen LogP contribution < -0.4 is 4.90 Å².